The van der Waals surface area contributed by atoms with E-state index < -0.39 is 0 Å². The molecule has 0 radical (unpaired) electrons. The van der Waals surface area contributed by atoms with Gasteiger partial charge in [-0.2, -0.15) is 0 Å². The number of allylic oxidation sites excluding steroid dienone is 1. The monoisotopic (exact) mass is 339 g/mol. The Morgan fingerprint density at radius 2 is 2.20 bits per heavy atom. The first kappa shape index (κ1) is 17.1. The number of ether oxygens (including phenoxy) is 1. The van der Waals surface area contributed by atoms with Crippen molar-refractivity contribution in [2.45, 2.75) is 57.4 Å². The summed E-state index contributed by atoms with van der Waals surface area (Å²) in [4.78, 5) is 2.83. The fourth-order valence-electron chi connectivity index (χ4n) is 5.57. The van der Waals surface area contributed by atoms with Crippen molar-refractivity contribution in [3.8, 4) is 5.75 Å². The highest BCUT2D eigenvalue weighted by atomic mass is 16.5. The first-order chi connectivity index (χ1) is 12.1. The Hall–Kier alpha value is -1.28. The number of rotatable bonds is 6. The molecule has 1 aromatic rings. The molecule has 2 fully saturated rings. The lowest BCUT2D eigenvalue weighted by molar-refractivity contribution is 0.0116. The summed E-state index contributed by atoms with van der Waals surface area (Å²) in [5.41, 5.74) is 3.40. The van der Waals surface area contributed by atoms with Crippen molar-refractivity contribution in [1.29, 1.82) is 0 Å². The molecule has 2 unspecified atom stereocenters. The van der Waals surface area contributed by atoms with Crippen LogP contribution in [-0.2, 0) is 11.8 Å². The molecular formula is C23H33NO. The number of fused-ring (bicyclic) bond motifs is 4. The Balaban J connectivity index is 1.74. The van der Waals surface area contributed by atoms with Crippen LogP contribution in [0.5, 0.6) is 5.75 Å². The predicted octanol–water partition coefficient (Wildman–Crippen LogP) is 4.82. The molecule has 136 valence electrons. The van der Waals surface area contributed by atoms with Crippen molar-refractivity contribution in [3.63, 3.8) is 0 Å². The van der Waals surface area contributed by atoms with Crippen molar-refractivity contribution < 1.29 is 4.74 Å². The van der Waals surface area contributed by atoms with Crippen LogP contribution in [0.3, 0.4) is 0 Å². The van der Waals surface area contributed by atoms with Crippen LogP contribution in [0.25, 0.3) is 0 Å². The molecule has 2 heteroatoms. The van der Waals surface area contributed by atoms with E-state index in [1.165, 1.54) is 45.2 Å². The van der Waals surface area contributed by atoms with Gasteiger partial charge in [-0.1, -0.05) is 26.0 Å². The van der Waals surface area contributed by atoms with Crippen molar-refractivity contribution in [3.05, 3.63) is 42.0 Å². The van der Waals surface area contributed by atoms with Gasteiger partial charge >= 0.3 is 0 Å². The van der Waals surface area contributed by atoms with Gasteiger partial charge in [0.2, 0.25) is 0 Å². The lowest BCUT2D eigenvalue weighted by atomic mass is 9.55. The minimum Gasteiger partial charge on any atom is -0.497 e. The quantitative estimate of drug-likeness (QED) is 0.689. The largest absolute Gasteiger partial charge is 0.497 e. The molecule has 4 rings (SSSR count). The topological polar surface area (TPSA) is 12.5 Å². The van der Waals surface area contributed by atoms with E-state index in [1.807, 2.05) is 0 Å². The summed E-state index contributed by atoms with van der Waals surface area (Å²) in [7, 11) is 1.79. The molecule has 1 heterocycles. The minimum absolute atomic E-state index is 0.278. The normalized spacial score (nSPS) is 32.8. The third kappa shape index (κ3) is 2.93. The van der Waals surface area contributed by atoms with Gasteiger partial charge in [0.25, 0.3) is 0 Å². The molecule has 25 heavy (non-hydrogen) atoms. The van der Waals surface area contributed by atoms with Crippen LogP contribution >= 0.6 is 0 Å². The molecule has 2 aliphatic carbocycles. The number of nitrogens with zero attached hydrogens (tertiary/aromatic N) is 1. The second-order valence-electron chi connectivity index (χ2n) is 8.84. The van der Waals surface area contributed by atoms with E-state index in [1.54, 1.807) is 18.2 Å². The lowest BCUT2D eigenvalue weighted by Crippen LogP contribution is -2.59. The second kappa shape index (κ2) is 6.46. The van der Waals surface area contributed by atoms with E-state index in [2.05, 4.69) is 49.6 Å². The smallest absolute Gasteiger partial charge is 0.119 e. The third-order valence-electron chi connectivity index (χ3n) is 7.32. The summed E-state index contributed by atoms with van der Waals surface area (Å²) in [6.07, 6.45) is 8.73. The zero-order valence-electron chi connectivity index (χ0n) is 16.1. The van der Waals surface area contributed by atoms with E-state index in [-0.39, 0.29) is 5.41 Å². The molecule has 0 aromatic heterocycles. The summed E-state index contributed by atoms with van der Waals surface area (Å²) < 4.78 is 5.58. The maximum absolute atomic E-state index is 5.58. The molecule has 2 bridgehead atoms. The average molecular weight is 340 g/mol. The Labute approximate surface area is 153 Å². The summed E-state index contributed by atoms with van der Waals surface area (Å²) in [6.45, 7) is 11.5. The Kier molecular flexibility index (Phi) is 4.43. The first-order valence-electron chi connectivity index (χ1n) is 10.1. The number of benzene rings is 1. The van der Waals surface area contributed by atoms with E-state index in [4.69, 9.17) is 4.74 Å². The Bertz CT molecular complexity index is 649. The van der Waals surface area contributed by atoms with Crippen LogP contribution in [-0.4, -0.2) is 31.1 Å². The van der Waals surface area contributed by atoms with E-state index in [0.29, 0.717) is 17.9 Å². The molecule has 0 amide bonds. The number of hydrogen-bond donors (Lipinski definition) is 0. The van der Waals surface area contributed by atoms with Crippen LogP contribution in [0, 0.1) is 17.8 Å². The molecule has 1 saturated heterocycles. The van der Waals surface area contributed by atoms with Crippen LogP contribution in [0.2, 0.25) is 0 Å². The minimum atomic E-state index is 0.278. The van der Waals surface area contributed by atoms with Crippen molar-refractivity contribution in [1.82, 2.24) is 4.90 Å². The highest BCUT2D eigenvalue weighted by Crippen LogP contribution is 2.53. The molecular weight excluding hydrogens is 306 g/mol. The van der Waals surface area contributed by atoms with Gasteiger partial charge in [-0.15, -0.1) is 6.58 Å². The number of methoxy groups -OCH3 is 1. The van der Waals surface area contributed by atoms with Crippen LogP contribution in [0.1, 0.15) is 50.7 Å². The SMILES string of the molecule is C=CC(C)C[C@@]12CCN(CC3CC3)C(Cc3ccc(OC)cc31)[C@@H]2C. The number of hydrogen-bond acceptors (Lipinski definition) is 2. The third-order valence-corrected chi connectivity index (χ3v) is 7.32. The molecule has 0 spiro atoms. The molecule has 2 nitrogen and oxygen atoms in total. The average Bonchev–Trinajstić information content (AvgIpc) is 3.43. The van der Waals surface area contributed by atoms with Gasteiger partial charge < -0.3 is 4.74 Å². The Morgan fingerprint density at radius 1 is 1.40 bits per heavy atom. The summed E-state index contributed by atoms with van der Waals surface area (Å²) in [6, 6.07) is 7.53. The van der Waals surface area contributed by atoms with Gasteiger partial charge in [0, 0.05) is 18.0 Å². The van der Waals surface area contributed by atoms with Crippen LogP contribution in [0.15, 0.2) is 30.9 Å². The molecule has 3 aliphatic rings. The second-order valence-corrected chi connectivity index (χ2v) is 8.84. The van der Waals surface area contributed by atoms with Crippen molar-refractivity contribution in [2.75, 3.05) is 20.2 Å². The fourth-order valence-corrected chi connectivity index (χ4v) is 5.57. The van der Waals surface area contributed by atoms with Crippen molar-refractivity contribution in [2.24, 2.45) is 17.8 Å². The van der Waals surface area contributed by atoms with Gasteiger partial charge in [-0.3, -0.25) is 4.90 Å². The number of piperidine rings is 1. The standard InChI is InChI=1S/C23H33NO/c1-5-16(2)14-23-10-11-24(15-18-6-7-18)22(17(23)3)12-19-8-9-20(25-4)13-21(19)23/h5,8-9,13,16-18,22H,1,6-7,10-12,14-15H2,2-4H3/t16?,17-,22?,23+/m0/s1. The molecule has 1 saturated carbocycles. The van der Waals surface area contributed by atoms with Gasteiger partial charge in [-0.05, 0) is 79.7 Å². The zero-order chi connectivity index (χ0) is 17.6. The summed E-state index contributed by atoms with van der Waals surface area (Å²) >= 11 is 0. The first-order valence-corrected chi connectivity index (χ1v) is 10.1. The van der Waals surface area contributed by atoms with E-state index in [0.717, 1.165) is 11.7 Å². The number of likely N-dealkylation sites (tertiary alicyclic amines) is 1. The van der Waals surface area contributed by atoms with Gasteiger partial charge in [0.1, 0.15) is 5.75 Å². The Morgan fingerprint density at radius 3 is 2.88 bits per heavy atom. The summed E-state index contributed by atoms with van der Waals surface area (Å²) in [5, 5.41) is 0. The highest BCUT2D eigenvalue weighted by molar-refractivity contribution is 5.45. The van der Waals surface area contributed by atoms with Gasteiger partial charge in [0.15, 0.2) is 0 Å². The van der Waals surface area contributed by atoms with E-state index in [9.17, 15) is 0 Å². The maximum Gasteiger partial charge on any atom is 0.119 e. The molecule has 1 aliphatic heterocycles. The highest BCUT2D eigenvalue weighted by Gasteiger charge is 2.51. The summed E-state index contributed by atoms with van der Waals surface area (Å²) in [5.74, 6) is 3.23. The fraction of sp³-hybridized carbons (Fsp3) is 0.652. The van der Waals surface area contributed by atoms with Gasteiger partial charge in [0.05, 0.1) is 7.11 Å². The lowest BCUT2D eigenvalue weighted by Gasteiger charge is -2.57. The maximum atomic E-state index is 5.58. The van der Waals surface area contributed by atoms with Crippen LogP contribution in [0.4, 0.5) is 0 Å². The predicted molar refractivity (Wildman–Crippen MR) is 104 cm³/mol. The molecule has 0 N–H and O–H groups in total. The molecule has 1 aromatic carbocycles. The zero-order valence-corrected chi connectivity index (χ0v) is 16.1. The molecule has 4 atom stereocenters. The van der Waals surface area contributed by atoms with Crippen molar-refractivity contribution >= 4 is 0 Å². The van der Waals surface area contributed by atoms with Gasteiger partial charge in [-0.25, -0.2) is 0 Å². The van der Waals surface area contributed by atoms with Crippen LogP contribution < -0.4 is 4.74 Å². The van der Waals surface area contributed by atoms with E-state index >= 15 is 0 Å².